The van der Waals surface area contributed by atoms with Crippen molar-refractivity contribution in [3.8, 4) is 0 Å². The molecule has 2 N–H and O–H groups in total. The topological polar surface area (TPSA) is 74.6 Å². The van der Waals surface area contributed by atoms with Crippen LogP contribution in [0.25, 0.3) is 0 Å². The molecule has 16 heavy (non-hydrogen) atoms. The highest BCUT2D eigenvalue weighted by Crippen LogP contribution is 2.25. The first-order chi connectivity index (χ1) is 7.05. The number of carbonyl (C=O) groups is 2. The van der Waals surface area contributed by atoms with Crippen molar-refractivity contribution in [3.05, 3.63) is 12.7 Å². The van der Waals surface area contributed by atoms with Crippen LogP contribution in [0.3, 0.4) is 0 Å². The molecule has 92 valence electrons. The maximum Gasteiger partial charge on any atom is 0.307 e. The Kier molecular flexibility index (Phi) is 4.40. The Morgan fingerprint density at radius 3 is 2.06 bits per heavy atom. The van der Waals surface area contributed by atoms with Gasteiger partial charge in [-0.1, -0.05) is 6.58 Å². The van der Waals surface area contributed by atoms with E-state index in [0.29, 0.717) is 0 Å². The maximum absolute atomic E-state index is 11.5. The van der Waals surface area contributed by atoms with Gasteiger partial charge in [-0.3, -0.25) is 9.59 Å². The van der Waals surface area contributed by atoms with Gasteiger partial charge in [-0.05, 0) is 13.0 Å². The van der Waals surface area contributed by atoms with Crippen molar-refractivity contribution < 1.29 is 24.3 Å². The summed E-state index contributed by atoms with van der Waals surface area (Å²) in [6.45, 7) is 4.75. The number of carboxylic acids is 1. The smallest absolute Gasteiger partial charge is 0.307 e. The average molecular weight is 230 g/mol. The monoisotopic (exact) mass is 230 g/mol. The number of carboxylic acid groups (broad SMARTS) is 1. The molecule has 5 heteroatoms. The Hall–Kier alpha value is -1.20. The number of aliphatic carboxylic acids is 1. The molecule has 0 amide bonds. The summed E-state index contributed by atoms with van der Waals surface area (Å²) in [5.41, 5.74) is -1.91. The highest BCUT2D eigenvalue weighted by Gasteiger charge is 2.48. The highest BCUT2D eigenvalue weighted by molar-refractivity contribution is 5.90. The summed E-state index contributed by atoms with van der Waals surface area (Å²) in [5.74, 6) is -1.77. The Balaban J connectivity index is 5.40. The number of hydrogen-bond donors (Lipinski definition) is 2. The molecule has 2 unspecified atom stereocenters. The first-order valence-electron chi connectivity index (χ1n) is 4.94. The molecule has 5 nitrogen and oxygen atoms in total. The number of likely N-dealkylation sites (N-methyl/N-ethyl adjacent to an activating group) is 1. The fourth-order valence-electron chi connectivity index (χ4n) is 1.82. The summed E-state index contributed by atoms with van der Waals surface area (Å²) in [6, 6.07) is -0.666. The van der Waals surface area contributed by atoms with Crippen LogP contribution in [0.15, 0.2) is 12.7 Å². The molecular weight excluding hydrogens is 210 g/mol. The van der Waals surface area contributed by atoms with Crippen molar-refractivity contribution in [1.29, 1.82) is 0 Å². The Morgan fingerprint density at radius 2 is 1.88 bits per heavy atom. The quantitative estimate of drug-likeness (QED) is 0.499. The zero-order valence-electron chi connectivity index (χ0n) is 10.2. The Morgan fingerprint density at radius 1 is 1.44 bits per heavy atom. The Labute approximate surface area is 95.6 Å². The molecule has 2 atom stereocenters. The van der Waals surface area contributed by atoms with E-state index in [1.165, 1.54) is 13.0 Å². The molecule has 0 saturated carbocycles. The second-order valence-corrected chi connectivity index (χ2v) is 4.85. The van der Waals surface area contributed by atoms with Crippen LogP contribution in [-0.4, -0.2) is 59.2 Å². The van der Waals surface area contributed by atoms with Gasteiger partial charge in [0.25, 0.3) is 0 Å². The van der Waals surface area contributed by atoms with E-state index in [1.807, 2.05) is 0 Å². The van der Waals surface area contributed by atoms with Crippen LogP contribution in [0.4, 0.5) is 0 Å². The predicted octanol–water partition coefficient (Wildman–Crippen LogP) is 0.0420. The van der Waals surface area contributed by atoms with Crippen LogP contribution in [-0.2, 0) is 9.59 Å². The summed E-state index contributed by atoms with van der Waals surface area (Å²) in [7, 11) is 5.30. The van der Waals surface area contributed by atoms with E-state index in [-0.39, 0.29) is 4.48 Å². The molecule has 0 aliphatic heterocycles. The lowest BCUT2D eigenvalue weighted by atomic mass is 9.85. The molecule has 0 aromatic carbocycles. The van der Waals surface area contributed by atoms with Crippen LogP contribution in [0.5, 0.6) is 0 Å². The second-order valence-electron chi connectivity index (χ2n) is 4.85. The zero-order valence-corrected chi connectivity index (χ0v) is 10.2. The van der Waals surface area contributed by atoms with Crippen molar-refractivity contribution in [1.82, 2.24) is 0 Å². The minimum atomic E-state index is -1.91. The van der Waals surface area contributed by atoms with Gasteiger partial charge in [0.2, 0.25) is 0 Å². The van der Waals surface area contributed by atoms with Crippen molar-refractivity contribution in [3.63, 3.8) is 0 Å². The van der Waals surface area contributed by atoms with Gasteiger partial charge in [-0.15, -0.1) is 0 Å². The third kappa shape index (κ3) is 3.15. The van der Waals surface area contributed by atoms with E-state index in [0.717, 1.165) is 0 Å². The van der Waals surface area contributed by atoms with Gasteiger partial charge < -0.3 is 14.7 Å². The van der Waals surface area contributed by atoms with E-state index < -0.39 is 29.8 Å². The second kappa shape index (κ2) is 4.76. The molecule has 0 fully saturated rings. The molecule has 0 rings (SSSR count). The van der Waals surface area contributed by atoms with Crippen LogP contribution in [0, 0.1) is 0 Å². The van der Waals surface area contributed by atoms with Crippen molar-refractivity contribution >= 4 is 11.8 Å². The number of quaternary nitrogens is 1. The summed E-state index contributed by atoms with van der Waals surface area (Å²) >= 11 is 0. The number of Topliss-reactive ketones (excluding diaryl/α,β-unsaturated/α-hetero) is 1. The van der Waals surface area contributed by atoms with Crippen molar-refractivity contribution in [2.24, 2.45) is 0 Å². The number of nitrogens with zero attached hydrogens (tertiary/aromatic N) is 1. The molecular formula is C11H20NO4+. The summed E-state index contributed by atoms with van der Waals surface area (Å²) in [6.07, 6.45) is 0.804. The van der Waals surface area contributed by atoms with Crippen LogP contribution >= 0.6 is 0 Å². The first kappa shape index (κ1) is 14.8. The molecule has 0 aromatic heterocycles. The largest absolute Gasteiger partial charge is 0.481 e. The van der Waals surface area contributed by atoms with Gasteiger partial charge >= 0.3 is 5.97 Å². The van der Waals surface area contributed by atoms with Crippen LogP contribution < -0.4 is 0 Å². The minimum Gasteiger partial charge on any atom is -0.481 e. The van der Waals surface area contributed by atoms with Gasteiger partial charge in [-0.2, -0.15) is 0 Å². The van der Waals surface area contributed by atoms with Crippen molar-refractivity contribution in [2.45, 2.75) is 25.0 Å². The number of hydrogen-bond acceptors (Lipinski definition) is 3. The lowest BCUT2D eigenvalue weighted by Crippen LogP contribution is -2.61. The van der Waals surface area contributed by atoms with E-state index in [2.05, 4.69) is 6.58 Å². The zero-order chi connectivity index (χ0) is 13.1. The normalized spacial score (nSPS) is 17.3. The molecule has 0 bridgehead atoms. The average Bonchev–Trinajstić information content (AvgIpc) is 1.99. The number of ketones is 1. The van der Waals surface area contributed by atoms with Gasteiger partial charge in [0.05, 0.1) is 27.6 Å². The molecule has 0 aliphatic carbocycles. The molecule has 0 aliphatic rings. The fraction of sp³-hybridized carbons (Fsp3) is 0.636. The lowest BCUT2D eigenvalue weighted by molar-refractivity contribution is -0.895. The van der Waals surface area contributed by atoms with Gasteiger partial charge in [0.1, 0.15) is 6.04 Å². The van der Waals surface area contributed by atoms with Gasteiger partial charge in [0.15, 0.2) is 11.4 Å². The molecule has 0 aromatic rings. The van der Waals surface area contributed by atoms with E-state index in [9.17, 15) is 14.7 Å². The molecule has 0 radical (unpaired) electrons. The number of carbonyl (C=O) groups excluding carboxylic acids is 1. The van der Waals surface area contributed by atoms with Crippen LogP contribution in [0.2, 0.25) is 0 Å². The van der Waals surface area contributed by atoms with Gasteiger partial charge in [0, 0.05) is 0 Å². The van der Waals surface area contributed by atoms with Crippen molar-refractivity contribution in [2.75, 3.05) is 21.1 Å². The lowest BCUT2D eigenvalue weighted by Gasteiger charge is -2.40. The van der Waals surface area contributed by atoms with E-state index >= 15 is 0 Å². The third-order valence-corrected chi connectivity index (χ3v) is 2.58. The van der Waals surface area contributed by atoms with E-state index in [1.54, 1.807) is 21.1 Å². The summed E-state index contributed by atoms with van der Waals surface area (Å²) in [4.78, 5) is 22.2. The SMILES string of the molecule is C=CC(C(O)(CC(=O)O)C(C)=O)[N+](C)(C)C. The maximum atomic E-state index is 11.5. The predicted molar refractivity (Wildman–Crippen MR) is 59.9 cm³/mol. The third-order valence-electron chi connectivity index (χ3n) is 2.58. The molecule has 0 heterocycles. The molecule has 0 saturated heterocycles. The van der Waals surface area contributed by atoms with E-state index in [4.69, 9.17) is 5.11 Å². The minimum absolute atomic E-state index is 0.229. The standard InChI is InChI=1S/C11H19NO4/c1-6-9(12(3,4)5)11(16,8(2)13)7-10(14)15/h6,9,16H,1,7H2,2-5H3/p+1. The number of aliphatic hydroxyl groups is 1. The fourth-order valence-corrected chi connectivity index (χ4v) is 1.82. The van der Waals surface area contributed by atoms with Crippen LogP contribution in [0.1, 0.15) is 13.3 Å². The first-order valence-corrected chi connectivity index (χ1v) is 4.94. The molecule has 0 spiro atoms. The number of rotatable bonds is 6. The summed E-state index contributed by atoms with van der Waals surface area (Å²) < 4.78 is 0.229. The van der Waals surface area contributed by atoms with Gasteiger partial charge in [-0.25, -0.2) is 0 Å². The summed E-state index contributed by atoms with van der Waals surface area (Å²) in [5, 5.41) is 19.0. The Bertz CT molecular complexity index is 306. The highest BCUT2D eigenvalue weighted by atomic mass is 16.4.